The number of rotatable bonds is 7. The van der Waals surface area contributed by atoms with E-state index >= 15 is 0 Å². The van der Waals surface area contributed by atoms with E-state index in [2.05, 4.69) is 29.5 Å². The van der Waals surface area contributed by atoms with Crippen molar-refractivity contribution in [1.82, 2.24) is 15.6 Å². The van der Waals surface area contributed by atoms with Crippen molar-refractivity contribution in [3.05, 3.63) is 29.0 Å². The van der Waals surface area contributed by atoms with E-state index in [0.717, 1.165) is 32.0 Å². The van der Waals surface area contributed by atoms with E-state index in [-0.39, 0.29) is 0 Å². The molecule has 122 valence electrons. The average Bonchev–Trinajstić information content (AvgIpc) is 2.48. The maximum Gasteiger partial charge on any atom is 0.191 e. The molecule has 0 atom stereocenters. The molecule has 0 saturated heterocycles. The Morgan fingerprint density at radius 1 is 1.32 bits per heavy atom. The van der Waals surface area contributed by atoms with Crippen LogP contribution < -0.4 is 10.6 Å². The maximum atomic E-state index is 5.80. The Hall–Kier alpha value is -1.29. The lowest BCUT2D eigenvalue weighted by Crippen LogP contribution is -2.40. The van der Waals surface area contributed by atoms with E-state index in [9.17, 15) is 0 Å². The zero-order valence-corrected chi connectivity index (χ0v) is 14.4. The smallest absolute Gasteiger partial charge is 0.191 e. The number of aliphatic imine (C=N–C) groups is 1. The summed E-state index contributed by atoms with van der Waals surface area (Å²) in [6.45, 7) is 7.03. The Kier molecular flexibility index (Phi) is 6.49. The highest BCUT2D eigenvalue weighted by Crippen LogP contribution is 2.43. The number of nitrogens with one attached hydrogen (secondary N) is 2. The lowest BCUT2D eigenvalue weighted by Gasteiger charge is -2.40. The highest BCUT2D eigenvalue weighted by molar-refractivity contribution is 6.29. The first-order chi connectivity index (χ1) is 10.7. The Morgan fingerprint density at radius 2 is 2.14 bits per heavy atom. The molecule has 1 fully saturated rings. The summed E-state index contributed by atoms with van der Waals surface area (Å²) < 4.78 is 0. The molecule has 1 heterocycles. The van der Waals surface area contributed by atoms with Gasteiger partial charge < -0.3 is 10.6 Å². The molecule has 1 saturated carbocycles. The second kappa shape index (κ2) is 8.37. The van der Waals surface area contributed by atoms with Gasteiger partial charge in [-0.25, -0.2) is 4.98 Å². The molecule has 22 heavy (non-hydrogen) atoms. The molecule has 4 nitrogen and oxygen atoms in total. The first-order valence-electron chi connectivity index (χ1n) is 8.30. The van der Waals surface area contributed by atoms with Crippen molar-refractivity contribution < 1.29 is 0 Å². The van der Waals surface area contributed by atoms with Gasteiger partial charge in [-0.2, -0.15) is 0 Å². The summed E-state index contributed by atoms with van der Waals surface area (Å²) >= 11 is 5.80. The van der Waals surface area contributed by atoms with Gasteiger partial charge in [-0.3, -0.25) is 4.99 Å². The molecule has 1 aromatic rings. The van der Waals surface area contributed by atoms with Gasteiger partial charge in [0.05, 0.1) is 0 Å². The molecule has 0 bridgehead atoms. The summed E-state index contributed by atoms with van der Waals surface area (Å²) in [6.07, 6.45) is 7.97. The zero-order chi connectivity index (χ0) is 15.8. The summed E-state index contributed by atoms with van der Waals surface area (Å²) in [5.74, 6) is 0.921. The molecule has 0 spiro atoms. The molecule has 2 N–H and O–H groups in total. The van der Waals surface area contributed by atoms with Crippen LogP contribution in [0.4, 0.5) is 0 Å². The summed E-state index contributed by atoms with van der Waals surface area (Å²) in [5.41, 5.74) is 1.64. The van der Waals surface area contributed by atoms with Gasteiger partial charge >= 0.3 is 0 Å². The van der Waals surface area contributed by atoms with E-state index < -0.39 is 0 Å². The summed E-state index contributed by atoms with van der Waals surface area (Å²) in [7, 11) is 0. The molecule has 2 rings (SSSR count). The van der Waals surface area contributed by atoms with Gasteiger partial charge in [0.15, 0.2) is 5.96 Å². The number of guanidine groups is 1. The monoisotopic (exact) mass is 322 g/mol. The summed E-state index contributed by atoms with van der Waals surface area (Å²) in [6, 6.07) is 3.85. The van der Waals surface area contributed by atoms with E-state index in [1.807, 2.05) is 18.3 Å². The highest BCUT2D eigenvalue weighted by Gasteiger charge is 2.34. The fourth-order valence-electron chi connectivity index (χ4n) is 2.77. The predicted octanol–water partition coefficient (Wildman–Crippen LogP) is 3.41. The van der Waals surface area contributed by atoms with Crippen molar-refractivity contribution in [2.24, 2.45) is 10.4 Å². The van der Waals surface area contributed by atoms with Crippen LogP contribution in [0.25, 0.3) is 0 Å². The summed E-state index contributed by atoms with van der Waals surface area (Å²) in [5, 5.41) is 7.27. The van der Waals surface area contributed by atoms with Gasteiger partial charge in [0, 0.05) is 25.8 Å². The second-order valence-electron chi connectivity index (χ2n) is 6.07. The van der Waals surface area contributed by atoms with Crippen LogP contribution in [-0.4, -0.2) is 30.6 Å². The van der Waals surface area contributed by atoms with Crippen LogP contribution in [0.1, 0.15) is 45.1 Å². The van der Waals surface area contributed by atoms with Crippen LogP contribution in [0.2, 0.25) is 5.15 Å². The summed E-state index contributed by atoms with van der Waals surface area (Å²) in [4.78, 5) is 8.88. The third-order valence-corrected chi connectivity index (χ3v) is 4.80. The third kappa shape index (κ3) is 4.87. The first-order valence-corrected chi connectivity index (χ1v) is 8.68. The lowest BCUT2D eigenvalue weighted by atomic mass is 9.67. The molecule has 0 aromatic carbocycles. The number of hydrogen-bond donors (Lipinski definition) is 2. The topological polar surface area (TPSA) is 49.3 Å². The molecule has 0 amide bonds. The molecule has 0 aliphatic heterocycles. The Bertz CT molecular complexity index is 474. The number of halogens is 1. The lowest BCUT2D eigenvalue weighted by molar-refractivity contribution is 0.139. The van der Waals surface area contributed by atoms with Crippen LogP contribution in [-0.2, 0) is 6.42 Å². The van der Waals surface area contributed by atoms with Crippen molar-refractivity contribution in [1.29, 1.82) is 0 Å². The first kappa shape index (κ1) is 17.1. The predicted molar refractivity (Wildman–Crippen MR) is 93.5 cm³/mol. The second-order valence-corrected chi connectivity index (χ2v) is 6.46. The largest absolute Gasteiger partial charge is 0.357 e. The fraction of sp³-hybridized carbons (Fsp3) is 0.647. The van der Waals surface area contributed by atoms with Crippen molar-refractivity contribution in [2.45, 2.75) is 46.0 Å². The van der Waals surface area contributed by atoms with Gasteiger partial charge in [0.1, 0.15) is 5.15 Å². The van der Waals surface area contributed by atoms with E-state index in [1.165, 1.54) is 31.2 Å². The number of pyridine rings is 1. The minimum Gasteiger partial charge on any atom is -0.357 e. The van der Waals surface area contributed by atoms with Gasteiger partial charge in [0.2, 0.25) is 0 Å². The molecular formula is C17H27ClN4. The van der Waals surface area contributed by atoms with Crippen LogP contribution in [0.3, 0.4) is 0 Å². The van der Waals surface area contributed by atoms with Gasteiger partial charge in [-0.15, -0.1) is 0 Å². The van der Waals surface area contributed by atoms with Crippen LogP contribution in [0.5, 0.6) is 0 Å². The van der Waals surface area contributed by atoms with Gasteiger partial charge in [-0.1, -0.05) is 31.0 Å². The van der Waals surface area contributed by atoms with Gasteiger partial charge in [-0.05, 0) is 49.7 Å². The van der Waals surface area contributed by atoms with Crippen molar-refractivity contribution in [2.75, 3.05) is 19.6 Å². The van der Waals surface area contributed by atoms with E-state index in [0.29, 0.717) is 10.6 Å². The van der Waals surface area contributed by atoms with Crippen LogP contribution in [0, 0.1) is 5.41 Å². The highest BCUT2D eigenvalue weighted by atomic mass is 35.5. The number of nitrogens with zero attached hydrogens (tertiary/aromatic N) is 2. The maximum absolute atomic E-state index is 5.80. The minimum absolute atomic E-state index is 0.461. The van der Waals surface area contributed by atoms with Crippen molar-refractivity contribution in [3.8, 4) is 0 Å². The zero-order valence-electron chi connectivity index (χ0n) is 13.7. The molecule has 1 aromatic heterocycles. The normalized spacial score (nSPS) is 17.0. The molecule has 1 aliphatic rings. The van der Waals surface area contributed by atoms with E-state index in [1.54, 1.807) is 0 Å². The average molecular weight is 323 g/mol. The Labute approximate surface area is 138 Å². The molecular weight excluding hydrogens is 296 g/mol. The number of aromatic nitrogens is 1. The minimum atomic E-state index is 0.461. The van der Waals surface area contributed by atoms with E-state index in [4.69, 9.17) is 16.6 Å². The van der Waals surface area contributed by atoms with Gasteiger partial charge in [0.25, 0.3) is 0 Å². The third-order valence-electron chi connectivity index (χ3n) is 4.58. The molecule has 5 heteroatoms. The molecule has 0 radical (unpaired) electrons. The molecule has 0 unspecified atom stereocenters. The fourth-order valence-corrected chi connectivity index (χ4v) is 2.88. The van der Waals surface area contributed by atoms with Crippen LogP contribution in [0.15, 0.2) is 23.3 Å². The Morgan fingerprint density at radius 3 is 2.68 bits per heavy atom. The van der Waals surface area contributed by atoms with Crippen LogP contribution >= 0.6 is 11.6 Å². The number of hydrogen-bond acceptors (Lipinski definition) is 2. The van der Waals surface area contributed by atoms with Crippen molar-refractivity contribution >= 4 is 17.6 Å². The Balaban J connectivity index is 1.81. The standard InChI is InChI=1S/C17H27ClN4/c1-3-17(9-5-10-17)13-22-16(19-4-2)20-11-8-14-6-7-15(18)21-12-14/h6-7,12H,3-5,8-11,13H2,1-2H3,(H2,19,20,22). The van der Waals surface area contributed by atoms with Crippen molar-refractivity contribution in [3.63, 3.8) is 0 Å². The molecule has 1 aliphatic carbocycles. The SMILES string of the molecule is CCNC(=NCC1(CC)CCC1)NCCc1ccc(Cl)nc1. The quantitative estimate of drug-likeness (QED) is 0.459.